The number of alkyl halides is 3. The van der Waals surface area contributed by atoms with Crippen molar-refractivity contribution in [1.29, 1.82) is 0 Å². The third-order valence-corrected chi connectivity index (χ3v) is 4.41. The lowest BCUT2D eigenvalue weighted by Gasteiger charge is -2.22. The van der Waals surface area contributed by atoms with Crippen LogP contribution in [0.4, 0.5) is 13.2 Å². The molecule has 0 saturated carbocycles. The van der Waals surface area contributed by atoms with Crippen LogP contribution in [-0.2, 0) is 17.5 Å². The van der Waals surface area contributed by atoms with Crippen LogP contribution in [0.2, 0.25) is 0 Å². The molecule has 2 aromatic rings. The molecule has 8 heteroatoms. The Morgan fingerprint density at radius 3 is 2.10 bits per heavy atom. The van der Waals surface area contributed by atoms with Gasteiger partial charge in [-0.3, -0.25) is 9.59 Å². The van der Waals surface area contributed by atoms with E-state index in [1.807, 2.05) is 6.92 Å². The van der Waals surface area contributed by atoms with Crippen molar-refractivity contribution in [1.82, 2.24) is 10.6 Å². The molecule has 2 N–H and O–H groups in total. The zero-order chi connectivity index (χ0) is 22.3. The summed E-state index contributed by atoms with van der Waals surface area (Å²) in [6, 6.07) is 10.3. The summed E-state index contributed by atoms with van der Waals surface area (Å²) in [5.74, 6) is -0.362. The Balaban J connectivity index is 1.98. The van der Waals surface area contributed by atoms with E-state index in [1.165, 1.54) is 12.1 Å². The van der Waals surface area contributed by atoms with Crippen molar-refractivity contribution in [2.45, 2.75) is 39.5 Å². The van der Waals surface area contributed by atoms with Crippen molar-refractivity contribution in [3.63, 3.8) is 0 Å². The molecule has 2 aromatic carbocycles. The molecule has 0 aromatic heterocycles. The first-order chi connectivity index (χ1) is 14.1. The highest BCUT2D eigenvalue weighted by Gasteiger charge is 2.30. The fourth-order valence-electron chi connectivity index (χ4n) is 2.74. The maximum absolute atomic E-state index is 12.6. The van der Waals surface area contributed by atoms with E-state index >= 15 is 0 Å². The standard InChI is InChI=1S/C22H25F3N2O3/c1-4-30-18-11-7-16(8-12-18)20(28)27-19(14(2)3)21(29)26-13-15-5-9-17(10-6-15)22(23,24)25/h5-12,14,19H,4,13H2,1-3H3,(H,26,29)(H,27,28). The van der Waals surface area contributed by atoms with E-state index in [1.54, 1.807) is 38.1 Å². The molecule has 0 fully saturated rings. The first-order valence-corrected chi connectivity index (χ1v) is 9.59. The number of amides is 2. The van der Waals surface area contributed by atoms with Gasteiger partial charge in [0.1, 0.15) is 11.8 Å². The van der Waals surface area contributed by atoms with Gasteiger partial charge in [0.25, 0.3) is 5.91 Å². The zero-order valence-electron chi connectivity index (χ0n) is 17.0. The number of carbonyl (C=O) groups excluding carboxylic acids is 2. The molecule has 2 rings (SSSR count). The van der Waals surface area contributed by atoms with Gasteiger partial charge in [0.15, 0.2) is 0 Å². The Kier molecular flexibility index (Phi) is 7.86. The molecule has 0 bridgehead atoms. The Bertz CT molecular complexity index is 847. The summed E-state index contributed by atoms with van der Waals surface area (Å²) in [4.78, 5) is 25.1. The molecule has 1 unspecified atom stereocenters. The van der Waals surface area contributed by atoms with Crippen molar-refractivity contribution in [3.8, 4) is 5.75 Å². The van der Waals surface area contributed by atoms with Crippen LogP contribution in [0.15, 0.2) is 48.5 Å². The van der Waals surface area contributed by atoms with Crippen LogP contribution in [-0.4, -0.2) is 24.5 Å². The minimum atomic E-state index is -4.41. The van der Waals surface area contributed by atoms with Crippen molar-refractivity contribution in [2.24, 2.45) is 5.92 Å². The first kappa shape index (κ1) is 23.3. The van der Waals surface area contributed by atoms with E-state index in [2.05, 4.69) is 10.6 Å². The van der Waals surface area contributed by atoms with Gasteiger partial charge in [0.05, 0.1) is 12.2 Å². The van der Waals surface area contributed by atoms with E-state index in [0.717, 1.165) is 12.1 Å². The molecule has 0 aliphatic rings. The average Bonchev–Trinajstić information content (AvgIpc) is 2.70. The molecule has 0 spiro atoms. The minimum Gasteiger partial charge on any atom is -0.494 e. The molecular formula is C22H25F3N2O3. The van der Waals surface area contributed by atoms with Gasteiger partial charge in [-0.25, -0.2) is 0 Å². The number of benzene rings is 2. The van der Waals surface area contributed by atoms with Gasteiger partial charge in [-0.2, -0.15) is 13.2 Å². The third-order valence-electron chi connectivity index (χ3n) is 4.41. The molecule has 0 heterocycles. The first-order valence-electron chi connectivity index (χ1n) is 9.59. The summed E-state index contributed by atoms with van der Waals surface area (Å²) in [5.41, 5.74) is 0.164. The summed E-state index contributed by atoms with van der Waals surface area (Å²) in [5, 5.41) is 5.38. The highest BCUT2D eigenvalue weighted by Crippen LogP contribution is 2.29. The topological polar surface area (TPSA) is 67.4 Å². The maximum atomic E-state index is 12.6. The molecular weight excluding hydrogens is 397 g/mol. The number of ether oxygens (including phenoxy) is 1. The second-order valence-electron chi connectivity index (χ2n) is 7.07. The monoisotopic (exact) mass is 422 g/mol. The van der Waals surface area contributed by atoms with Crippen molar-refractivity contribution >= 4 is 11.8 Å². The molecule has 0 aliphatic heterocycles. The fraction of sp³-hybridized carbons (Fsp3) is 0.364. The molecule has 2 amide bonds. The van der Waals surface area contributed by atoms with E-state index in [-0.39, 0.29) is 12.5 Å². The maximum Gasteiger partial charge on any atom is 0.416 e. The molecule has 0 aliphatic carbocycles. The summed E-state index contributed by atoms with van der Waals surface area (Å²) < 4.78 is 43.2. The minimum absolute atomic E-state index is 0.0547. The lowest BCUT2D eigenvalue weighted by atomic mass is 10.0. The fourth-order valence-corrected chi connectivity index (χ4v) is 2.74. The van der Waals surface area contributed by atoms with Gasteiger partial charge >= 0.3 is 6.18 Å². The largest absolute Gasteiger partial charge is 0.494 e. The van der Waals surface area contributed by atoms with Crippen LogP contribution in [0.25, 0.3) is 0 Å². The van der Waals surface area contributed by atoms with Crippen LogP contribution >= 0.6 is 0 Å². The SMILES string of the molecule is CCOc1ccc(C(=O)NC(C(=O)NCc2ccc(C(F)(F)F)cc2)C(C)C)cc1. The normalized spacial score (nSPS) is 12.4. The van der Waals surface area contributed by atoms with Crippen LogP contribution in [0.1, 0.15) is 42.3 Å². The van der Waals surface area contributed by atoms with Crippen LogP contribution in [0.3, 0.4) is 0 Å². The van der Waals surface area contributed by atoms with E-state index < -0.39 is 29.6 Å². The lowest BCUT2D eigenvalue weighted by Crippen LogP contribution is -2.49. The summed E-state index contributed by atoms with van der Waals surface area (Å²) in [6.07, 6.45) is -4.41. The Morgan fingerprint density at radius 1 is 1.00 bits per heavy atom. The smallest absolute Gasteiger partial charge is 0.416 e. The molecule has 0 saturated heterocycles. The number of hydrogen-bond donors (Lipinski definition) is 2. The van der Waals surface area contributed by atoms with Crippen molar-refractivity contribution in [3.05, 3.63) is 65.2 Å². The van der Waals surface area contributed by atoms with Crippen LogP contribution < -0.4 is 15.4 Å². The van der Waals surface area contributed by atoms with E-state index in [4.69, 9.17) is 4.74 Å². The van der Waals surface area contributed by atoms with Crippen LogP contribution in [0, 0.1) is 5.92 Å². The average molecular weight is 422 g/mol. The zero-order valence-corrected chi connectivity index (χ0v) is 17.0. The number of nitrogens with one attached hydrogen (secondary N) is 2. The van der Waals surface area contributed by atoms with Crippen LogP contribution in [0.5, 0.6) is 5.75 Å². The predicted octanol–water partition coefficient (Wildman–Crippen LogP) is 4.17. The summed E-state index contributed by atoms with van der Waals surface area (Å²) in [6.45, 7) is 6.01. The quantitative estimate of drug-likeness (QED) is 0.671. The molecule has 5 nitrogen and oxygen atoms in total. The van der Waals surface area contributed by atoms with Gasteiger partial charge in [-0.05, 0) is 54.8 Å². The Hall–Kier alpha value is -3.03. The lowest BCUT2D eigenvalue weighted by molar-refractivity contribution is -0.137. The highest BCUT2D eigenvalue weighted by molar-refractivity contribution is 5.97. The summed E-state index contributed by atoms with van der Waals surface area (Å²) >= 11 is 0. The van der Waals surface area contributed by atoms with Gasteiger partial charge < -0.3 is 15.4 Å². The second-order valence-corrected chi connectivity index (χ2v) is 7.07. The van der Waals surface area contributed by atoms with Crippen molar-refractivity contribution < 1.29 is 27.5 Å². The van der Waals surface area contributed by atoms with Gasteiger partial charge in [0, 0.05) is 12.1 Å². The van der Waals surface area contributed by atoms with Gasteiger partial charge in [0.2, 0.25) is 5.91 Å². The third kappa shape index (κ3) is 6.50. The molecule has 162 valence electrons. The van der Waals surface area contributed by atoms with E-state index in [9.17, 15) is 22.8 Å². The van der Waals surface area contributed by atoms with E-state index in [0.29, 0.717) is 23.5 Å². The van der Waals surface area contributed by atoms with Crippen molar-refractivity contribution in [2.75, 3.05) is 6.61 Å². The number of rotatable bonds is 8. The summed E-state index contributed by atoms with van der Waals surface area (Å²) in [7, 11) is 0. The number of hydrogen-bond acceptors (Lipinski definition) is 3. The second kappa shape index (κ2) is 10.1. The molecule has 30 heavy (non-hydrogen) atoms. The molecule has 1 atom stereocenters. The number of halogens is 3. The molecule has 0 radical (unpaired) electrons. The Morgan fingerprint density at radius 2 is 1.60 bits per heavy atom. The number of carbonyl (C=O) groups is 2. The Labute approximate surface area is 173 Å². The predicted molar refractivity (Wildman–Crippen MR) is 107 cm³/mol. The van der Waals surface area contributed by atoms with Gasteiger partial charge in [-0.1, -0.05) is 26.0 Å². The highest BCUT2D eigenvalue weighted by atomic mass is 19.4. The van der Waals surface area contributed by atoms with Gasteiger partial charge in [-0.15, -0.1) is 0 Å².